The third kappa shape index (κ3) is 4.01. The van der Waals surface area contributed by atoms with E-state index < -0.39 is 18.3 Å². The Morgan fingerprint density at radius 1 is 1.37 bits per heavy atom. The number of hydrogen-bond donors (Lipinski definition) is 1. The fraction of sp³-hybridized carbons (Fsp3) is 1.00. The molecule has 5 nitrogen and oxygen atoms in total. The lowest BCUT2D eigenvalue weighted by molar-refractivity contribution is 0.188. The van der Waals surface area contributed by atoms with E-state index in [9.17, 15) is 13.5 Å². The molecule has 19 heavy (non-hydrogen) atoms. The van der Waals surface area contributed by atoms with E-state index in [-0.39, 0.29) is 23.8 Å². The van der Waals surface area contributed by atoms with Crippen LogP contribution in [0, 0.1) is 0 Å². The van der Waals surface area contributed by atoms with Crippen LogP contribution in [-0.2, 0) is 14.4 Å². The third-order valence-corrected chi connectivity index (χ3v) is 10.1. The van der Waals surface area contributed by atoms with Crippen LogP contribution in [0.25, 0.3) is 0 Å². The largest absolute Gasteiger partial charge is 0.413 e. The van der Waals surface area contributed by atoms with Gasteiger partial charge in [0.1, 0.15) is 0 Å². The molecule has 7 heteroatoms. The second-order valence-corrected chi connectivity index (χ2v) is 13.6. The highest BCUT2D eigenvalue weighted by atomic mass is 32.2. The fourth-order valence-corrected chi connectivity index (χ4v) is 4.58. The maximum atomic E-state index is 11.7. The molecule has 0 aromatic carbocycles. The number of rotatable bonds is 4. The molecule has 0 spiro atoms. The van der Waals surface area contributed by atoms with E-state index in [4.69, 9.17) is 4.43 Å². The van der Waals surface area contributed by atoms with Crippen molar-refractivity contribution >= 4 is 18.3 Å². The molecule has 1 fully saturated rings. The van der Waals surface area contributed by atoms with Gasteiger partial charge >= 0.3 is 0 Å². The summed E-state index contributed by atoms with van der Waals surface area (Å²) in [4.78, 5) is 0. The Balaban J connectivity index is 2.80. The zero-order valence-corrected chi connectivity index (χ0v) is 14.6. The van der Waals surface area contributed by atoms with E-state index in [2.05, 4.69) is 33.9 Å². The molecule has 1 saturated heterocycles. The molecule has 1 aliphatic rings. The molecular weight excluding hydrogens is 282 g/mol. The van der Waals surface area contributed by atoms with Crippen molar-refractivity contribution in [1.82, 2.24) is 4.31 Å². The quantitative estimate of drug-likeness (QED) is 0.797. The molecule has 0 aromatic rings. The van der Waals surface area contributed by atoms with Crippen molar-refractivity contribution in [2.45, 2.75) is 57.5 Å². The van der Waals surface area contributed by atoms with Crippen molar-refractivity contribution in [3.63, 3.8) is 0 Å². The van der Waals surface area contributed by atoms with Crippen LogP contribution in [0.5, 0.6) is 0 Å². The summed E-state index contributed by atoms with van der Waals surface area (Å²) < 4.78 is 31.0. The van der Waals surface area contributed by atoms with Gasteiger partial charge in [-0.3, -0.25) is 0 Å². The summed E-state index contributed by atoms with van der Waals surface area (Å²) in [6, 6.07) is -0.343. The van der Waals surface area contributed by atoms with Crippen LogP contribution in [0.2, 0.25) is 18.1 Å². The minimum Gasteiger partial charge on any atom is -0.413 e. The Hall–Kier alpha value is 0.0469. The molecule has 0 saturated carbocycles. The van der Waals surface area contributed by atoms with Crippen LogP contribution < -0.4 is 0 Å². The van der Waals surface area contributed by atoms with Crippen molar-refractivity contribution in [2.24, 2.45) is 0 Å². The van der Waals surface area contributed by atoms with E-state index in [1.165, 1.54) is 10.6 Å². The lowest BCUT2D eigenvalue weighted by Crippen LogP contribution is -2.44. The Bertz CT molecular complexity index is 416. The van der Waals surface area contributed by atoms with Crippen LogP contribution >= 0.6 is 0 Å². The molecule has 1 N–H and O–H groups in total. The van der Waals surface area contributed by atoms with Crippen molar-refractivity contribution in [2.75, 3.05) is 19.4 Å². The highest BCUT2D eigenvalue weighted by Gasteiger charge is 2.44. The van der Waals surface area contributed by atoms with E-state index >= 15 is 0 Å². The van der Waals surface area contributed by atoms with Crippen LogP contribution in [0.4, 0.5) is 0 Å². The zero-order chi connectivity index (χ0) is 15.1. The molecule has 0 aliphatic carbocycles. The summed E-state index contributed by atoms with van der Waals surface area (Å²) in [5.74, 6) is 0. The second kappa shape index (κ2) is 5.44. The Labute approximate surface area is 118 Å². The summed E-state index contributed by atoms with van der Waals surface area (Å²) in [5, 5.41) is 9.42. The molecule has 2 unspecified atom stereocenters. The average Bonchev–Trinajstić information content (AvgIpc) is 2.57. The first-order chi connectivity index (χ1) is 8.38. The predicted molar refractivity (Wildman–Crippen MR) is 79.1 cm³/mol. The van der Waals surface area contributed by atoms with Gasteiger partial charge in [-0.2, -0.15) is 4.31 Å². The monoisotopic (exact) mass is 309 g/mol. The summed E-state index contributed by atoms with van der Waals surface area (Å²) in [5.41, 5.74) is 0. The number of aliphatic hydroxyl groups is 1. The van der Waals surface area contributed by atoms with Gasteiger partial charge in [-0.15, -0.1) is 0 Å². The smallest absolute Gasteiger partial charge is 0.211 e. The van der Waals surface area contributed by atoms with Gasteiger partial charge in [0, 0.05) is 6.54 Å². The standard InChI is InChI=1S/C12H27NO4SSi/c1-12(2,3)19(5,6)17-11-7-10(9-14)13(8-11)18(4,15)16/h10-11,14H,7-9H2,1-6H3. The number of nitrogens with zero attached hydrogens (tertiary/aromatic N) is 1. The SMILES string of the molecule is CC(C)(C)[Si](C)(C)OC1CC(CO)N(S(C)(=O)=O)C1. The van der Waals surface area contributed by atoms with Gasteiger partial charge in [0.25, 0.3) is 0 Å². The molecular formula is C12H27NO4SSi. The van der Waals surface area contributed by atoms with Crippen molar-refractivity contribution in [3.05, 3.63) is 0 Å². The first kappa shape index (κ1) is 17.1. The number of hydrogen-bond acceptors (Lipinski definition) is 4. The Morgan fingerprint density at radius 3 is 2.21 bits per heavy atom. The van der Waals surface area contributed by atoms with Gasteiger partial charge in [-0.05, 0) is 24.6 Å². The van der Waals surface area contributed by atoms with E-state index in [1.54, 1.807) is 0 Å². The van der Waals surface area contributed by atoms with Gasteiger partial charge in [-0.1, -0.05) is 20.8 Å². The Morgan fingerprint density at radius 2 is 1.89 bits per heavy atom. The van der Waals surface area contributed by atoms with Crippen LogP contribution in [0.15, 0.2) is 0 Å². The van der Waals surface area contributed by atoms with Gasteiger partial charge in [0.05, 0.1) is 25.0 Å². The van der Waals surface area contributed by atoms with Crippen LogP contribution in [0.3, 0.4) is 0 Å². The molecule has 0 aromatic heterocycles. The van der Waals surface area contributed by atoms with Crippen LogP contribution in [-0.4, -0.2) is 57.7 Å². The maximum absolute atomic E-state index is 11.7. The van der Waals surface area contributed by atoms with Gasteiger partial charge in [0.15, 0.2) is 8.32 Å². The topological polar surface area (TPSA) is 66.8 Å². The van der Waals surface area contributed by atoms with E-state index in [1.807, 2.05) is 0 Å². The molecule has 0 amide bonds. The normalized spacial score (nSPS) is 26.9. The molecule has 1 aliphatic heterocycles. The summed E-state index contributed by atoms with van der Waals surface area (Å²) in [6.07, 6.45) is 1.66. The molecule has 0 bridgehead atoms. The Kier molecular flexibility index (Phi) is 4.90. The minimum absolute atomic E-state index is 0.0974. The lowest BCUT2D eigenvalue weighted by Gasteiger charge is -2.38. The van der Waals surface area contributed by atoms with Gasteiger partial charge < -0.3 is 9.53 Å². The lowest BCUT2D eigenvalue weighted by atomic mass is 10.2. The third-order valence-electron chi connectivity index (χ3n) is 4.23. The predicted octanol–water partition coefficient (Wildman–Crippen LogP) is 1.40. The first-order valence-corrected chi connectivity index (χ1v) is 11.4. The van der Waals surface area contributed by atoms with E-state index in [0.29, 0.717) is 13.0 Å². The summed E-state index contributed by atoms with van der Waals surface area (Å²) in [7, 11) is -5.18. The summed E-state index contributed by atoms with van der Waals surface area (Å²) >= 11 is 0. The zero-order valence-electron chi connectivity index (χ0n) is 12.8. The number of aliphatic hydroxyl groups excluding tert-OH is 1. The van der Waals surface area contributed by atoms with Crippen molar-refractivity contribution < 1.29 is 18.0 Å². The second-order valence-electron chi connectivity index (χ2n) is 6.90. The maximum Gasteiger partial charge on any atom is 0.211 e. The average molecular weight is 310 g/mol. The molecule has 1 heterocycles. The van der Waals surface area contributed by atoms with Gasteiger partial charge in [-0.25, -0.2) is 8.42 Å². The number of sulfonamides is 1. The highest BCUT2D eigenvalue weighted by Crippen LogP contribution is 2.39. The molecule has 0 radical (unpaired) electrons. The minimum atomic E-state index is -3.28. The summed E-state index contributed by atoms with van der Waals surface area (Å²) in [6.45, 7) is 11.0. The van der Waals surface area contributed by atoms with Crippen molar-refractivity contribution in [1.29, 1.82) is 0 Å². The van der Waals surface area contributed by atoms with Crippen molar-refractivity contribution in [3.8, 4) is 0 Å². The fourth-order valence-electron chi connectivity index (χ4n) is 2.10. The van der Waals surface area contributed by atoms with E-state index in [0.717, 1.165) is 0 Å². The highest BCUT2D eigenvalue weighted by molar-refractivity contribution is 7.88. The molecule has 1 rings (SSSR count). The molecule has 114 valence electrons. The molecule has 2 atom stereocenters. The van der Waals surface area contributed by atoms with Crippen LogP contribution in [0.1, 0.15) is 27.2 Å². The first-order valence-electron chi connectivity index (χ1n) is 6.64. The van der Waals surface area contributed by atoms with Gasteiger partial charge in [0.2, 0.25) is 10.0 Å².